The number of rotatable bonds is 2. The lowest BCUT2D eigenvalue weighted by atomic mass is 9.86. The predicted molar refractivity (Wildman–Crippen MR) is 85.6 cm³/mol. The van der Waals surface area contributed by atoms with E-state index in [0.717, 1.165) is 51.4 Å². The molecule has 2 rings (SSSR count). The van der Waals surface area contributed by atoms with Gasteiger partial charge in [-0.3, -0.25) is 9.59 Å². The first kappa shape index (κ1) is 18.2. The smallest absolute Gasteiger partial charge is 0.308 e. The summed E-state index contributed by atoms with van der Waals surface area (Å²) < 4.78 is 11.0. The van der Waals surface area contributed by atoms with Gasteiger partial charge in [-0.1, -0.05) is 32.6 Å². The van der Waals surface area contributed by atoms with Crippen LogP contribution in [0.2, 0.25) is 0 Å². The molecule has 0 aromatic carbocycles. The van der Waals surface area contributed by atoms with E-state index >= 15 is 0 Å². The van der Waals surface area contributed by atoms with E-state index in [0.29, 0.717) is 6.42 Å². The maximum Gasteiger partial charge on any atom is 0.308 e. The fourth-order valence-electron chi connectivity index (χ4n) is 3.46. The Kier molecular flexibility index (Phi) is 6.88. The number of carbonyl (C=O) groups excluding carboxylic acids is 2. The molecule has 0 aromatic rings. The third kappa shape index (κ3) is 4.93. The first-order chi connectivity index (χ1) is 11.1. The van der Waals surface area contributed by atoms with Crippen LogP contribution in [0.15, 0.2) is 0 Å². The molecule has 5 heteroatoms. The first-order valence-corrected chi connectivity index (χ1v) is 9.04. The summed E-state index contributed by atoms with van der Waals surface area (Å²) in [5.41, 5.74) is -0.677. The Morgan fingerprint density at radius 1 is 0.913 bits per heavy atom. The van der Waals surface area contributed by atoms with E-state index in [-0.39, 0.29) is 43.6 Å². The predicted octanol–water partition coefficient (Wildman–Crippen LogP) is 2.84. The zero-order valence-electron chi connectivity index (χ0n) is 14.2. The Balaban J connectivity index is 2.19. The molecular formula is C18H30O5. The van der Waals surface area contributed by atoms with Crippen molar-refractivity contribution in [3.05, 3.63) is 0 Å². The highest BCUT2D eigenvalue weighted by molar-refractivity contribution is 5.73. The Bertz CT molecular complexity index is 370. The number of fused-ring (bicyclic) bond motifs is 4. The minimum Gasteiger partial charge on any atom is -0.465 e. The molecule has 2 unspecified atom stereocenters. The van der Waals surface area contributed by atoms with Crippen LogP contribution in [0.3, 0.4) is 0 Å². The van der Waals surface area contributed by atoms with Gasteiger partial charge in [-0.05, 0) is 32.1 Å². The molecule has 0 aromatic heterocycles. The van der Waals surface area contributed by atoms with E-state index in [2.05, 4.69) is 0 Å². The lowest BCUT2D eigenvalue weighted by molar-refractivity contribution is -0.163. The lowest BCUT2D eigenvalue weighted by Crippen LogP contribution is -2.39. The number of esters is 2. The van der Waals surface area contributed by atoms with Crippen LogP contribution in [0.5, 0.6) is 0 Å². The molecule has 0 radical (unpaired) electrons. The normalized spacial score (nSPS) is 34.2. The maximum atomic E-state index is 12.4. The van der Waals surface area contributed by atoms with Gasteiger partial charge in [0.25, 0.3) is 0 Å². The van der Waals surface area contributed by atoms with E-state index in [4.69, 9.17) is 9.47 Å². The summed E-state index contributed by atoms with van der Waals surface area (Å²) in [6.45, 7) is 2.00. The van der Waals surface area contributed by atoms with Crippen molar-refractivity contribution in [3.8, 4) is 0 Å². The number of aliphatic hydroxyl groups is 1. The summed E-state index contributed by atoms with van der Waals surface area (Å²) in [5, 5.41) is 9.74. The molecular weight excluding hydrogens is 296 g/mol. The zero-order valence-corrected chi connectivity index (χ0v) is 14.2. The van der Waals surface area contributed by atoms with E-state index in [9.17, 15) is 14.7 Å². The lowest BCUT2D eigenvalue weighted by Gasteiger charge is -2.32. The summed E-state index contributed by atoms with van der Waals surface area (Å²) in [4.78, 5) is 24.8. The summed E-state index contributed by atoms with van der Waals surface area (Å²) in [5.74, 6) is -0.449. The molecule has 2 aliphatic rings. The van der Waals surface area contributed by atoms with Gasteiger partial charge in [0.15, 0.2) is 0 Å². The average Bonchev–Trinajstić information content (AvgIpc) is 2.58. The third-order valence-corrected chi connectivity index (χ3v) is 5.50. The van der Waals surface area contributed by atoms with Crippen molar-refractivity contribution in [2.24, 2.45) is 17.3 Å². The molecule has 1 heterocycles. The number of aliphatic hydroxyl groups excluding tert-OH is 1. The SMILES string of the molecule is CCC1(CO)COC(=O)C2CCCCCC(CCC2)C(=O)OC1. The molecule has 1 N–H and O–H groups in total. The molecule has 23 heavy (non-hydrogen) atoms. The van der Waals surface area contributed by atoms with E-state index < -0.39 is 5.41 Å². The average molecular weight is 326 g/mol. The molecule has 0 spiro atoms. The number of carbonyl (C=O) groups is 2. The Labute approximate surface area is 138 Å². The monoisotopic (exact) mass is 326 g/mol. The summed E-state index contributed by atoms with van der Waals surface area (Å²) in [6, 6.07) is 0. The van der Waals surface area contributed by atoms with Crippen LogP contribution in [-0.2, 0) is 19.1 Å². The number of hydrogen-bond donors (Lipinski definition) is 1. The van der Waals surface area contributed by atoms with Crippen molar-refractivity contribution in [2.75, 3.05) is 19.8 Å². The molecule has 2 atom stereocenters. The van der Waals surface area contributed by atoms with Gasteiger partial charge < -0.3 is 14.6 Å². The van der Waals surface area contributed by atoms with Gasteiger partial charge in [0.2, 0.25) is 0 Å². The van der Waals surface area contributed by atoms with E-state index in [1.807, 2.05) is 6.92 Å². The fraction of sp³-hybridized carbons (Fsp3) is 0.889. The van der Waals surface area contributed by atoms with E-state index in [1.54, 1.807) is 0 Å². The van der Waals surface area contributed by atoms with Crippen molar-refractivity contribution < 1.29 is 24.2 Å². The van der Waals surface area contributed by atoms with Crippen LogP contribution in [0, 0.1) is 17.3 Å². The van der Waals surface area contributed by atoms with Crippen LogP contribution >= 0.6 is 0 Å². The van der Waals surface area contributed by atoms with Crippen molar-refractivity contribution in [3.63, 3.8) is 0 Å². The molecule has 1 aliphatic heterocycles. The van der Waals surface area contributed by atoms with Crippen LogP contribution in [0.4, 0.5) is 0 Å². The van der Waals surface area contributed by atoms with Crippen LogP contribution in [0.25, 0.3) is 0 Å². The van der Waals surface area contributed by atoms with Gasteiger partial charge in [-0.25, -0.2) is 0 Å². The van der Waals surface area contributed by atoms with E-state index in [1.165, 1.54) is 0 Å². The number of cyclic esters (lactones) is 2. The topological polar surface area (TPSA) is 72.8 Å². The minimum atomic E-state index is -0.677. The quantitative estimate of drug-likeness (QED) is 0.790. The molecule has 2 bridgehead atoms. The largest absolute Gasteiger partial charge is 0.465 e. The van der Waals surface area contributed by atoms with Crippen LogP contribution in [0.1, 0.15) is 64.7 Å². The summed E-state index contributed by atoms with van der Waals surface area (Å²) >= 11 is 0. The van der Waals surface area contributed by atoms with Crippen molar-refractivity contribution >= 4 is 11.9 Å². The van der Waals surface area contributed by atoms with Gasteiger partial charge in [0.1, 0.15) is 13.2 Å². The third-order valence-electron chi connectivity index (χ3n) is 5.50. The minimum absolute atomic E-state index is 0.0718. The molecule has 1 aliphatic carbocycles. The van der Waals surface area contributed by atoms with Gasteiger partial charge in [-0.15, -0.1) is 0 Å². The number of ether oxygens (including phenoxy) is 2. The fourth-order valence-corrected chi connectivity index (χ4v) is 3.46. The summed E-state index contributed by atoms with van der Waals surface area (Å²) in [6.07, 6.45) is 7.79. The first-order valence-electron chi connectivity index (χ1n) is 9.04. The van der Waals surface area contributed by atoms with Gasteiger partial charge in [-0.2, -0.15) is 0 Å². The molecule has 132 valence electrons. The highest BCUT2D eigenvalue weighted by Crippen LogP contribution is 2.30. The standard InChI is InChI=1S/C18H30O5/c1-2-18(11-19)12-22-16(20)14-7-4-3-5-8-15(10-6-9-14)17(21)23-13-18/h14-15,19H,2-13H2,1H3. The molecule has 2 fully saturated rings. The van der Waals surface area contributed by atoms with Crippen molar-refractivity contribution in [2.45, 2.75) is 64.7 Å². The van der Waals surface area contributed by atoms with Gasteiger partial charge in [0.05, 0.1) is 23.9 Å². The number of hydrogen-bond acceptors (Lipinski definition) is 5. The molecule has 1 saturated carbocycles. The van der Waals surface area contributed by atoms with Crippen molar-refractivity contribution in [1.82, 2.24) is 0 Å². The van der Waals surface area contributed by atoms with Crippen molar-refractivity contribution in [1.29, 1.82) is 0 Å². The molecule has 5 nitrogen and oxygen atoms in total. The van der Waals surface area contributed by atoms with Gasteiger partial charge in [0, 0.05) is 0 Å². The second-order valence-corrected chi connectivity index (χ2v) is 7.19. The molecule has 0 amide bonds. The Hall–Kier alpha value is -1.10. The summed E-state index contributed by atoms with van der Waals surface area (Å²) in [7, 11) is 0. The van der Waals surface area contributed by atoms with Crippen LogP contribution < -0.4 is 0 Å². The highest BCUT2D eigenvalue weighted by atomic mass is 16.5. The van der Waals surface area contributed by atoms with Crippen LogP contribution in [-0.4, -0.2) is 36.9 Å². The zero-order chi connectivity index (χ0) is 16.7. The maximum absolute atomic E-state index is 12.4. The second kappa shape index (κ2) is 8.67. The molecule has 1 saturated heterocycles. The Morgan fingerprint density at radius 2 is 1.39 bits per heavy atom. The highest BCUT2D eigenvalue weighted by Gasteiger charge is 2.35. The second-order valence-electron chi connectivity index (χ2n) is 7.19. The van der Waals surface area contributed by atoms with Gasteiger partial charge >= 0.3 is 11.9 Å². The Morgan fingerprint density at radius 3 is 1.83 bits per heavy atom.